The van der Waals surface area contributed by atoms with Crippen molar-refractivity contribution >= 4 is 27.5 Å². The Bertz CT molecular complexity index is 679. The largest absolute Gasteiger partial charge is 0.321 e. The zero-order valence-electron chi connectivity index (χ0n) is 9.65. The van der Waals surface area contributed by atoms with Crippen molar-refractivity contribution in [3.05, 3.63) is 63.9 Å². The summed E-state index contributed by atoms with van der Waals surface area (Å²) in [6.45, 7) is 0. The Balaban J connectivity index is 2.26. The van der Waals surface area contributed by atoms with Crippen molar-refractivity contribution in [3.8, 4) is 6.07 Å². The molecule has 0 saturated heterocycles. The summed E-state index contributed by atoms with van der Waals surface area (Å²) in [5.41, 5.74) is 0.945. The predicted octanol–water partition coefficient (Wildman–Crippen LogP) is 3.71. The topological polar surface area (TPSA) is 52.9 Å². The maximum atomic E-state index is 13.3. The molecule has 5 heteroatoms. The number of carbonyl (C=O) groups excluding carboxylic acids is 1. The van der Waals surface area contributed by atoms with Crippen molar-refractivity contribution in [1.82, 2.24) is 0 Å². The molecule has 0 heterocycles. The van der Waals surface area contributed by atoms with Gasteiger partial charge in [0.15, 0.2) is 0 Å². The number of nitrogens with zero attached hydrogens (tertiary/aromatic N) is 1. The van der Waals surface area contributed by atoms with E-state index < -0.39 is 11.7 Å². The second-order valence-corrected chi connectivity index (χ2v) is 4.59. The zero-order chi connectivity index (χ0) is 13.8. The van der Waals surface area contributed by atoms with Gasteiger partial charge in [0.1, 0.15) is 11.9 Å². The SMILES string of the molecule is N#Cc1ccccc1NC(=O)c1ccc(Br)c(F)c1. The van der Waals surface area contributed by atoms with E-state index >= 15 is 0 Å². The molecule has 3 nitrogen and oxygen atoms in total. The molecule has 2 aromatic rings. The van der Waals surface area contributed by atoms with Crippen molar-refractivity contribution in [2.24, 2.45) is 0 Å². The lowest BCUT2D eigenvalue weighted by molar-refractivity contribution is 0.102. The summed E-state index contributed by atoms with van der Waals surface area (Å²) in [4.78, 5) is 11.9. The first kappa shape index (κ1) is 13.2. The molecule has 0 aliphatic carbocycles. The Morgan fingerprint density at radius 3 is 2.68 bits per heavy atom. The van der Waals surface area contributed by atoms with Gasteiger partial charge in [-0.25, -0.2) is 4.39 Å². The fourth-order valence-corrected chi connectivity index (χ4v) is 1.77. The van der Waals surface area contributed by atoms with Gasteiger partial charge >= 0.3 is 0 Å². The van der Waals surface area contributed by atoms with Gasteiger partial charge in [0.05, 0.1) is 15.7 Å². The van der Waals surface area contributed by atoms with Crippen LogP contribution in [0.4, 0.5) is 10.1 Å². The molecule has 1 N–H and O–H groups in total. The van der Waals surface area contributed by atoms with Gasteiger partial charge in [0.2, 0.25) is 0 Å². The van der Waals surface area contributed by atoms with E-state index in [1.54, 1.807) is 24.3 Å². The van der Waals surface area contributed by atoms with Crippen LogP contribution in [-0.4, -0.2) is 5.91 Å². The van der Waals surface area contributed by atoms with Crippen LogP contribution in [0.15, 0.2) is 46.9 Å². The minimum absolute atomic E-state index is 0.188. The van der Waals surface area contributed by atoms with E-state index in [1.165, 1.54) is 12.1 Å². The average Bonchev–Trinajstić information content (AvgIpc) is 2.42. The van der Waals surface area contributed by atoms with Crippen LogP contribution in [0, 0.1) is 17.1 Å². The number of nitriles is 1. The van der Waals surface area contributed by atoms with Crippen LogP contribution in [0.3, 0.4) is 0 Å². The van der Waals surface area contributed by atoms with Gasteiger partial charge in [-0.05, 0) is 46.3 Å². The van der Waals surface area contributed by atoms with E-state index in [1.807, 2.05) is 6.07 Å². The molecule has 1 amide bonds. The Labute approximate surface area is 117 Å². The number of para-hydroxylation sites is 1. The smallest absolute Gasteiger partial charge is 0.255 e. The summed E-state index contributed by atoms with van der Waals surface area (Å²) in [5.74, 6) is -0.977. The van der Waals surface area contributed by atoms with Crippen LogP contribution >= 0.6 is 15.9 Å². The normalized spacial score (nSPS) is 9.74. The van der Waals surface area contributed by atoms with E-state index in [-0.39, 0.29) is 5.56 Å². The van der Waals surface area contributed by atoms with Crippen LogP contribution in [0.2, 0.25) is 0 Å². The highest BCUT2D eigenvalue weighted by atomic mass is 79.9. The lowest BCUT2D eigenvalue weighted by Gasteiger charge is -2.07. The molecule has 0 aliphatic heterocycles. The second-order valence-electron chi connectivity index (χ2n) is 3.74. The molecule has 94 valence electrons. The van der Waals surface area contributed by atoms with Crippen LogP contribution in [0.5, 0.6) is 0 Å². The summed E-state index contributed by atoms with van der Waals surface area (Å²) in [6, 6.07) is 12.7. The molecule has 0 radical (unpaired) electrons. The fourth-order valence-electron chi connectivity index (χ4n) is 1.52. The zero-order valence-corrected chi connectivity index (χ0v) is 11.2. The number of rotatable bonds is 2. The standard InChI is InChI=1S/C14H8BrFN2O/c15-11-6-5-9(7-12(11)16)14(19)18-13-4-2-1-3-10(13)8-17/h1-7H,(H,18,19). The highest BCUT2D eigenvalue weighted by molar-refractivity contribution is 9.10. The summed E-state index contributed by atoms with van der Waals surface area (Å²) in [7, 11) is 0. The maximum Gasteiger partial charge on any atom is 0.255 e. The molecule has 0 spiro atoms. The number of hydrogen-bond acceptors (Lipinski definition) is 2. The lowest BCUT2D eigenvalue weighted by Crippen LogP contribution is -2.13. The fraction of sp³-hybridized carbons (Fsp3) is 0. The molecule has 0 unspecified atom stereocenters. The molecule has 0 saturated carbocycles. The molecular weight excluding hydrogens is 311 g/mol. The van der Waals surface area contributed by atoms with E-state index in [0.29, 0.717) is 15.7 Å². The first-order valence-corrected chi connectivity index (χ1v) is 6.16. The number of halogens is 2. The summed E-state index contributed by atoms with van der Waals surface area (Å²) in [6.07, 6.45) is 0. The van der Waals surface area contributed by atoms with Gasteiger partial charge in [0.25, 0.3) is 5.91 Å². The van der Waals surface area contributed by atoms with Gasteiger partial charge in [-0.2, -0.15) is 5.26 Å². The molecule has 0 atom stereocenters. The Morgan fingerprint density at radius 1 is 1.26 bits per heavy atom. The summed E-state index contributed by atoms with van der Waals surface area (Å²) in [5, 5.41) is 11.5. The average molecular weight is 319 g/mol. The third-order valence-electron chi connectivity index (χ3n) is 2.48. The predicted molar refractivity (Wildman–Crippen MR) is 73.2 cm³/mol. The van der Waals surface area contributed by atoms with Gasteiger partial charge in [-0.1, -0.05) is 12.1 Å². The number of hydrogen-bond donors (Lipinski definition) is 1. The maximum absolute atomic E-state index is 13.3. The number of nitrogens with one attached hydrogen (secondary N) is 1. The van der Waals surface area contributed by atoms with E-state index in [9.17, 15) is 9.18 Å². The highest BCUT2D eigenvalue weighted by Crippen LogP contribution is 2.18. The summed E-state index contributed by atoms with van der Waals surface area (Å²) >= 11 is 3.02. The molecule has 0 fully saturated rings. The molecule has 2 rings (SSSR count). The van der Waals surface area contributed by atoms with Gasteiger partial charge in [0, 0.05) is 5.56 Å². The van der Waals surface area contributed by atoms with E-state index in [0.717, 1.165) is 6.07 Å². The lowest BCUT2D eigenvalue weighted by atomic mass is 10.1. The van der Waals surface area contributed by atoms with Crippen molar-refractivity contribution in [1.29, 1.82) is 5.26 Å². The van der Waals surface area contributed by atoms with Gasteiger partial charge < -0.3 is 5.32 Å². The van der Waals surface area contributed by atoms with E-state index in [2.05, 4.69) is 21.2 Å². The third kappa shape index (κ3) is 2.98. The van der Waals surface area contributed by atoms with Crippen molar-refractivity contribution < 1.29 is 9.18 Å². The van der Waals surface area contributed by atoms with Gasteiger partial charge in [-0.15, -0.1) is 0 Å². The van der Waals surface area contributed by atoms with Crippen LogP contribution < -0.4 is 5.32 Å². The Kier molecular flexibility index (Phi) is 3.93. The second kappa shape index (κ2) is 5.63. The molecule has 19 heavy (non-hydrogen) atoms. The van der Waals surface area contributed by atoms with E-state index in [4.69, 9.17) is 5.26 Å². The molecular formula is C14H8BrFN2O. The monoisotopic (exact) mass is 318 g/mol. The quantitative estimate of drug-likeness (QED) is 0.917. The minimum Gasteiger partial charge on any atom is -0.321 e. The van der Waals surface area contributed by atoms with Crippen molar-refractivity contribution in [2.75, 3.05) is 5.32 Å². The number of anilines is 1. The molecule has 2 aromatic carbocycles. The van der Waals surface area contributed by atoms with Gasteiger partial charge in [-0.3, -0.25) is 4.79 Å². The molecule has 0 aliphatic rings. The molecule has 0 aromatic heterocycles. The Hall–Kier alpha value is -2.19. The number of carbonyl (C=O) groups is 1. The van der Waals surface area contributed by atoms with Crippen LogP contribution in [0.1, 0.15) is 15.9 Å². The van der Waals surface area contributed by atoms with Crippen molar-refractivity contribution in [2.45, 2.75) is 0 Å². The first-order chi connectivity index (χ1) is 9.11. The number of benzene rings is 2. The Morgan fingerprint density at radius 2 is 2.00 bits per heavy atom. The van der Waals surface area contributed by atoms with Crippen molar-refractivity contribution in [3.63, 3.8) is 0 Å². The molecule has 0 bridgehead atoms. The number of amides is 1. The summed E-state index contributed by atoms with van der Waals surface area (Å²) < 4.78 is 13.6. The highest BCUT2D eigenvalue weighted by Gasteiger charge is 2.10. The van der Waals surface area contributed by atoms with Crippen LogP contribution in [-0.2, 0) is 0 Å². The minimum atomic E-state index is -0.513. The third-order valence-corrected chi connectivity index (χ3v) is 3.12. The van der Waals surface area contributed by atoms with Crippen LogP contribution in [0.25, 0.3) is 0 Å². The first-order valence-electron chi connectivity index (χ1n) is 5.37.